The van der Waals surface area contributed by atoms with Gasteiger partial charge in [-0.05, 0) is 26.2 Å². The molecule has 2 amide bonds. The summed E-state index contributed by atoms with van der Waals surface area (Å²) < 4.78 is 4.96. The van der Waals surface area contributed by atoms with E-state index in [1.165, 1.54) is 4.90 Å². The van der Waals surface area contributed by atoms with Gasteiger partial charge in [-0.25, -0.2) is 4.79 Å². The van der Waals surface area contributed by atoms with Crippen LogP contribution in [0.25, 0.3) is 0 Å². The summed E-state index contributed by atoms with van der Waals surface area (Å²) in [5.41, 5.74) is 0. The van der Waals surface area contributed by atoms with Gasteiger partial charge in [0.25, 0.3) is 0 Å². The molecule has 6 heteroatoms. The van der Waals surface area contributed by atoms with Crippen LogP contribution in [-0.4, -0.2) is 54.4 Å². The minimum atomic E-state index is -0.966. The molecule has 0 bridgehead atoms. The average Bonchev–Trinajstić information content (AvgIpc) is 2.86. The Hall–Kier alpha value is -1.30. The van der Waals surface area contributed by atoms with Crippen LogP contribution in [0, 0.1) is 0 Å². The molecule has 0 aromatic rings. The van der Waals surface area contributed by atoms with E-state index in [1.807, 2.05) is 6.92 Å². The summed E-state index contributed by atoms with van der Waals surface area (Å²) in [4.78, 5) is 24.5. The predicted molar refractivity (Wildman–Crippen MR) is 71.1 cm³/mol. The quantitative estimate of drug-likeness (QED) is 0.735. The number of hydrogen-bond donors (Lipinski definition) is 2. The van der Waals surface area contributed by atoms with Crippen molar-refractivity contribution in [3.05, 3.63) is 0 Å². The maximum atomic E-state index is 12.1. The van der Waals surface area contributed by atoms with Gasteiger partial charge in [-0.15, -0.1) is 0 Å². The van der Waals surface area contributed by atoms with Crippen LogP contribution in [0.15, 0.2) is 0 Å². The van der Waals surface area contributed by atoms with Crippen molar-refractivity contribution in [1.29, 1.82) is 0 Å². The first-order valence-electron chi connectivity index (χ1n) is 6.82. The minimum absolute atomic E-state index is 0.0230. The fourth-order valence-electron chi connectivity index (χ4n) is 2.39. The fourth-order valence-corrected chi connectivity index (χ4v) is 2.39. The number of methoxy groups -OCH3 is 1. The van der Waals surface area contributed by atoms with Crippen molar-refractivity contribution in [3.8, 4) is 0 Å². The number of rotatable bonds is 7. The highest BCUT2D eigenvalue weighted by molar-refractivity contribution is 5.80. The van der Waals surface area contributed by atoms with Crippen molar-refractivity contribution >= 4 is 12.0 Å². The monoisotopic (exact) mass is 272 g/mol. The lowest BCUT2D eigenvalue weighted by Crippen LogP contribution is -2.50. The van der Waals surface area contributed by atoms with Gasteiger partial charge in [0, 0.05) is 25.8 Å². The third-order valence-corrected chi connectivity index (χ3v) is 3.46. The molecule has 1 fully saturated rings. The lowest BCUT2D eigenvalue weighted by Gasteiger charge is -2.29. The van der Waals surface area contributed by atoms with Gasteiger partial charge in [-0.1, -0.05) is 12.8 Å². The molecule has 110 valence electrons. The molecule has 19 heavy (non-hydrogen) atoms. The second kappa shape index (κ2) is 7.99. The average molecular weight is 272 g/mol. The van der Waals surface area contributed by atoms with Gasteiger partial charge in [0.2, 0.25) is 0 Å². The molecule has 1 rings (SSSR count). The van der Waals surface area contributed by atoms with Gasteiger partial charge in [0.15, 0.2) is 0 Å². The lowest BCUT2D eigenvalue weighted by molar-refractivity contribution is -0.138. The van der Waals surface area contributed by atoms with Gasteiger partial charge in [-0.3, -0.25) is 4.79 Å². The number of ether oxygens (including phenoxy) is 1. The van der Waals surface area contributed by atoms with Crippen molar-refractivity contribution < 1.29 is 19.4 Å². The first-order valence-corrected chi connectivity index (χ1v) is 6.82. The first-order chi connectivity index (χ1) is 9.04. The standard InChI is InChI=1S/C13H24N2O4/c1-10(7-8-19-2)14-13(18)15(9-12(16)17)11-5-3-4-6-11/h10-11H,3-9H2,1-2H3,(H,14,18)(H,16,17). The smallest absolute Gasteiger partial charge is 0.323 e. The summed E-state index contributed by atoms with van der Waals surface area (Å²) in [7, 11) is 1.61. The molecule has 0 saturated heterocycles. The Balaban J connectivity index is 2.52. The molecular weight excluding hydrogens is 248 g/mol. The van der Waals surface area contributed by atoms with Crippen LogP contribution < -0.4 is 5.32 Å². The van der Waals surface area contributed by atoms with E-state index in [4.69, 9.17) is 9.84 Å². The van der Waals surface area contributed by atoms with Gasteiger partial charge < -0.3 is 20.1 Å². The summed E-state index contributed by atoms with van der Waals surface area (Å²) >= 11 is 0. The molecule has 1 aliphatic carbocycles. The van der Waals surface area contributed by atoms with Crippen molar-refractivity contribution in [3.63, 3.8) is 0 Å². The summed E-state index contributed by atoms with van der Waals surface area (Å²) in [5, 5.41) is 11.8. The largest absolute Gasteiger partial charge is 0.480 e. The Morgan fingerprint density at radius 3 is 2.58 bits per heavy atom. The van der Waals surface area contributed by atoms with Crippen LogP contribution in [0.5, 0.6) is 0 Å². The summed E-state index contributed by atoms with van der Waals surface area (Å²) in [6.07, 6.45) is 4.63. The highest BCUT2D eigenvalue weighted by Gasteiger charge is 2.28. The van der Waals surface area contributed by atoms with E-state index in [-0.39, 0.29) is 24.7 Å². The molecule has 0 aromatic heterocycles. The maximum Gasteiger partial charge on any atom is 0.323 e. The highest BCUT2D eigenvalue weighted by atomic mass is 16.5. The summed E-state index contributed by atoms with van der Waals surface area (Å²) in [6, 6.07) is -0.242. The van der Waals surface area contributed by atoms with Crippen molar-refractivity contribution in [1.82, 2.24) is 10.2 Å². The predicted octanol–water partition coefficient (Wildman–Crippen LogP) is 1.45. The van der Waals surface area contributed by atoms with E-state index < -0.39 is 5.97 Å². The summed E-state index contributed by atoms with van der Waals surface area (Å²) in [5.74, 6) is -0.966. The molecule has 1 unspecified atom stereocenters. The number of nitrogens with one attached hydrogen (secondary N) is 1. The third-order valence-electron chi connectivity index (χ3n) is 3.46. The van der Waals surface area contributed by atoms with Gasteiger partial charge in [0.05, 0.1) is 0 Å². The highest BCUT2D eigenvalue weighted by Crippen LogP contribution is 2.23. The van der Waals surface area contributed by atoms with E-state index in [2.05, 4.69) is 5.32 Å². The number of amides is 2. The molecule has 1 aliphatic rings. The van der Waals surface area contributed by atoms with E-state index >= 15 is 0 Å². The van der Waals surface area contributed by atoms with Crippen molar-refractivity contribution in [2.45, 2.75) is 51.1 Å². The van der Waals surface area contributed by atoms with Crippen LogP contribution in [0.1, 0.15) is 39.0 Å². The van der Waals surface area contributed by atoms with Crippen molar-refractivity contribution in [2.75, 3.05) is 20.3 Å². The number of carboxylic acids is 1. The van der Waals surface area contributed by atoms with Gasteiger partial charge in [0.1, 0.15) is 6.54 Å². The van der Waals surface area contributed by atoms with E-state index in [1.54, 1.807) is 7.11 Å². The van der Waals surface area contributed by atoms with E-state index in [9.17, 15) is 9.59 Å². The van der Waals surface area contributed by atoms with Crippen LogP contribution in [0.4, 0.5) is 4.79 Å². The minimum Gasteiger partial charge on any atom is -0.480 e. The van der Waals surface area contributed by atoms with Crippen LogP contribution >= 0.6 is 0 Å². The Morgan fingerprint density at radius 2 is 2.05 bits per heavy atom. The van der Waals surface area contributed by atoms with Crippen LogP contribution in [-0.2, 0) is 9.53 Å². The molecule has 0 radical (unpaired) electrons. The number of aliphatic carboxylic acids is 1. The Bertz CT molecular complexity index is 303. The molecule has 2 N–H and O–H groups in total. The Kier molecular flexibility index (Phi) is 6.62. The molecule has 1 saturated carbocycles. The van der Waals surface area contributed by atoms with E-state index in [0.717, 1.165) is 25.7 Å². The molecule has 1 atom stereocenters. The zero-order valence-electron chi connectivity index (χ0n) is 11.7. The number of hydrogen-bond acceptors (Lipinski definition) is 3. The first kappa shape index (κ1) is 15.8. The molecule has 0 aromatic carbocycles. The summed E-state index contributed by atoms with van der Waals surface area (Å²) in [6.45, 7) is 2.24. The van der Waals surface area contributed by atoms with Crippen molar-refractivity contribution in [2.24, 2.45) is 0 Å². The zero-order valence-corrected chi connectivity index (χ0v) is 11.7. The molecule has 6 nitrogen and oxygen atoms in total. The Labute approximate surface area is 114 Å². The van der Waals surface area contributed by atoms with Crippen LogP contribution in [0.2, 0.25) is 0 Å². The topological polar surface area (TPSA) is 78.9 Å². The molecule has 0 heterocycles. The second-order valence-corrected chi connectivity index (χ2v) is 5.09. The number of carbonyl (C=O) groups excluding carboxylic acids is 1. The molecular formula is C13H24N2O4. The maximum absolute atomic E-state index is 12.1. The van der Waals surface area contributed by atoms with Crippen LogP contribution in [0.3, 0.4) is 0 Å². The molecule has 0 aliphatic heterocycles. The SMILES string of the molecule is COCCC(C)NC(=O)N(CC(=O)O)C1CCCC1. The number of urea groups is 1. The van der Waals surface area contributed by atoms with Gasteiger partial charge in [-0.2, -0.15) is 0 Å². The molecule has 0 spiro atoms. The second-order valence-electron chi connectivity index (χ2n) is 5.09. The Morgan fingerprint density at radius 1 is 1.42 bits per heavy atom. The fraction of sp³-hybridized carbons (Fsp3) is 0.846. The third kappa shape index (κ3) is 5.46. The normalized spacial score (nSPS) is 17.2. The van der Waals surface area contributed by atoms with E-state index in [0.29, 0.717) is 13.0 Å². The number of nitrogens with zero attached hydrogens (tertiary/aromatic N) is 1. The number of carbonyl (C=O) groups is 2. The zero-order chi connectivity index (χ0) is 14.3. The number of carboxylic acid groups (broad SMARTS) is 1. The lowest BCUT2D eigenvalue weighted by atomic mass is 10.2. The van der Waals surface area contributed by atoms with Gasteiger partial charge >= 0.3 is 12.0 Å².